The van der Waals surface area contributed by atoms with Gasteiger partial charge in [0.2, 0.25) is 6.79 Å². The standard InChI is InChI=1S/C14H13ClN2O2S/c15-11-5-9(6-12-13(11)19-8-18-12)7-20-14-16-3-4-17(14)10-1-2-10/h3-6,10H,1-2,7-8H2. The van der Waals surface area contributed by atoms with Crippen molar-refractivity contribution in [1.82, 2.24) is 9.55 Å². The maximum absolute atomic E-state index is 6.19. The topological polar surface area (TPSA) is 36.3 Å². The summed E-state index contributed by atoms with van der Waals surface area (Å²) in [7, 11) is 0. The van der Waals surface area contributed by atoms with Gasteiger partial charge >= 0.3 is 0 Å². The van der Waals surface area contributed by atoms with Crippen LogP contribution in [0.5, 0.6) is 11.5 Å². The van der Waals surface area contributed by atoms with Gasteiger partial charge in [-0.1, -0.05) is 23.4 Å². The molecule has 0 unspecified atom stereocenters. The molecule has 1 aliphatic carbocycles. The fraction of sp³-hybridized carbons (Fsp3) is 0.357. The Bertz CT molecular complexity index is 655. The van der Waals surface area contributed by atoms with Gasteiger partial charge in [0.05, 0.1) is 5.02 Å². The van der Waals surface area contributed by atoms with Crippen molar-refractivity contribution in [3.8, 4) is 11.5 Å². The number of hydrogen-bond acceptors (Lipinski definition) is 4. The molecule has 0 bridgehead atoms. The number of hydrogen-bond donors (Lipinski definition) is 0. The number of nitrogens with zero attached hydrogens (tertiary/aromatic N) is 2. The average molecular weight is 309 g/mol. The van der Waals surface area contributed by atoms with E-state index in [9.17, 15) is 0 Å². The molecule has 0 amide bonds. The van der Waals surface area contributed by atoms with Crippen LogP contribution in [0.25, 0.3) is 0 Å². The average Bonchev–Trinajstić information content (AvgIpc) is 3.00. The minimum atomic E-state index is 0.248. The van der Waals surface area contributed by atoms with Crippen molar-refractivity contribution in [1.29, 1.82) is 0 Å². The third-order valence-corrected chi connectivity index (χ3v) is 4.76. The van der Waals surface area contributed by atoms with Crippen molar-refractivity contribution in [3.63, 3.8) is 0 Å². The molecule has 1 aromatic carbocycles. The van der Waals surface area contributed by atoms with Gasteiger partial charge in [-0.3, -0.25) is 0 Å². The first kappa shape index (κ1) is 12.4. The first-order valence-corrected chi connectivity index (χ1v) is 7.91. The van der Waals surface area contributed by atoms with Crippen molar-refractivity contribution < 1.29 is 9.47 Å². The summed E-state index contributed by atoms with van der Waals surface area (Å²) in [6, 6.07) is 4.58. The molecule has 4 rings (SSSR count). The van der Waals surface area contributed by atoms with Gasteiger partial charge in [0.1, 0.15) is 0 Å². The van der Waals surface area contributed by atoms with E-state index in [1.807, 2.05) is 18.3 Å². The van der Waals surface area contributed by atoms with E-state index in [1.54, 1.807) is 11.8 Å². The molecule has 0 saturated heterocycles. The van der Waals surface area contributed by atoms with Gasteiger partial charge in [-0.2, -0.15) is 0 Å². The van der Waals surface area contributed by atoms with Crippen LogP contribution >= 0.6 is 23.4 Å². The lowest BCUT2D eigenvalue weighted by atomic mass is 10.2. The fourth-order valence-corrected chi connectivity index (χ4v) is 3.54. The van der Waals surface area contributed by atoms with Gasteiger partial charge in [0, 0.05) is 24.2 Å². The second kappa shape index (κ2) is 4.90. The Morgan fingerprint density at radius 1 is 1.35 bits per heavy atom. The maximum Gasteiger partial charge on any atom is 0.231 e. The van der Waals surface area contributed by atoms with Crippen LogP contribution in [0.2, 0.25) is 5.02 Å². The van der Waals surface area contributed by atoms with Crippen LogP contribution in [-0.4, -0.2) is 16.3 Å². The molecule has 6 heteroatoms. The number of thioether (sulfide) groups is 1. The van der Waals surface area contributed by atoms with Crippen LogP contribution < -0.4 is 9.47 Å². The second-order valence-corrected chi connectivity index (χ2v) is 6.30. The molecule has 20 heavy (non-hydrogen) atoms. The number of fused-ring (bicyclic) bond motifs is 1. The van der Waals surface area contributed by atoms with Gasteiger partial charge < -0.3 is 14.0 Å². The zero-order valence-electron chi connectivity index (χ0n) is 10.7. The van der Waals surface area contributed by atoms with E-state index in [1.165, 1.54) is 12.8 Å². The summed E-state index contributed by atoms with van der Waals surface area (Å²) in [5.41, 5.74) is 1.12. The SMILES string of the molecule is Clc1cc(CSc2nccn2C2CC2)cc2c1OCO2. The van der Waals surface area contributed by atoms with Gasteiger partial charge in [-0.05, 0) is 30.5 Å². The van der Waals surface area contributed by atoms with Crippen LogP contribution in [0.3, 0.4) is 0 Å². The molecule has 0 radical (unpaired) electrons. The van der Waals surface area contributed by atoms with Crippen LogP contribution in [0.15, 0.2) is 29.7 Å². The zero-order chi connectivity index (χ0) is 13.5. The summed E-state index contributed by atoms with van der Waals surface area (Å²) in [4.78, 5) is 4.42. The summed E-state index contributed by atoms with van der Waals surface area (Å²) in [5, 5.41) is 1.68. The summed E-state index contributed by atoms with van der Waals surface area (Å²) in [6.45, 7) is 0.248. The Morgan fingerprint density at radius 2 is 2.25 bits per heavy atom. The highest BCUT2D eigenvalue weighted by Gasteiger charge is 2.25. The lowest BCUT2D eigenvalue weighted by Crippen LogP contribution is -1.94. The van der Waals surface area contributed by atoms with E-state index < -0.39 is 0 Å². The highest BCUT2D eigenvalue weighted by molar-refractivity contribution is 7.98. The smallest absolute Gasteiger partial charge is 0.231 e. The Balaban J connectivity index is 1.52. The molecule has 1 aliphatic heterocycles. The normalized spacial score (nSPS) is 16.6. The lowest BCUT2D eigenvalue weighted by Gasteiger charge is -2.07. The van der Waals surface area contributed by atoms with Crippen molar-refractivity contribution in [2.24, 2.45) is 0 Å². The Hall–Kier alpha value is -1.33. The molecule has 4 nitrogen and oxygen atoms in total. The largest absolute Gasteiger partial charge is 0.454 e. The Morgan fingerprint density at radius 3 is 3.10 bits per heavy atom. The predicted octanol–water partition coefficient (Wildman–Crippen LogP) is 3.89. The minimum Gasteiger partial charge on any atom is -0.454 e. The van der Waals surface area contributed by atoms with Crippen molar-refractivity contribution in [3.05, 3.63) is 35.1 Å². The van der Waals surface area contributed by atoms with E-state index >= 15 is 0 Å². The third kappa shape index (κ3) is 2.25. The summed E-state index contributed by atoms with van der Waals surface area (Å²) < 4.78 is 13.0. The van der Waals surface area contributed by atoms with Crippen LogP contribution in [0.1, 0.15) is 24.4 Å². The molecular formula is C14H13ClN2O2S. The first-order chi connectivity index (χ1) is 9.81. The van der Waals surface area contributed by atoms with Gasteiger partial charge in [0.25, 0.3) is 0 Å². The molecule has 1 saturated carbocycles. The van der Waals surface area contributed by atoms with Crippen LogP contribution in [0, 0.1) is 0 Å². The highest BCUT2D eigenvalue weighted by atomic mass is 35.5. The number of rotatable bonds is 4. The molecule has 2 heterocycles. The minimum absolute atomic E-state index is 0.248. The van der Waals surface area contributed by atoms with Crippen molar-refractivity contribution >= 4 is 23.4 Å². The summed E-state index contributed by atoms with van der Waals surface area (Å²) in [5.74, 6) is 2.21. The molecule has 104 valence electrons. The highest BCUT2D eigenvalue weighted by Crippen LogP contribution is 2.42. The van der Waals surface area contributed by atoms with Crippen LogP contribution in [0.4, 0.5) is 0 Å². The molecule has 1 fully saturated rings. The van der Waals surface area contributed by atoms with Gasteiger partial charge in [-0.15, -0.1) is 0 Å². The molecule has 2 aromatic rings. The van der Waals surface area contributed by atoms with E-state index in [0.717, 1.165) is 22.2 Å². The van der Waals surface area contributed by atoms with E-state index in [2.05, 4.69) is 15.7 Å². The van der Waals surface area contributed by atoms with Gasteiger partial charge in [0.15, 0.2) is 16.7 Å². The zero-order valence-corrected chi connectivity index (χ0v) is 12.3. The van der Waals surface area contributed by atoms with Crippen molar-refractivity contribution in [2.45, 2.75) is 29.8 Å². The molecule has 0 spiro atoms. The van der Waals surface area contributed by atoms with E-state index in [-0.39, 0.29) is 6.79 Å². The first-order valence-electron chi connectivity index (χ1n) is 6.55. The van der Waals surface area contributed by atoms with E-state index in [0.29, 0.717) is 16.8 Å². The molecule has 0 atom stereocenters. The van der Waals surface area contributed by atoms with Gasteiger partial charge in [-0.25, -0.2) is 4.98 Å². The van der Waals surface area contributed by atoms with E-state index in [4.69, 9.17) is 21.1 Å². The third-order valence-electron chi connectivity index (χ3n) is 3.43. The quantitative estimate of drug-likeness (QED) is 0.803. The molecule has 2 aliphatic rings. The molecule has 0 N–H and O–H groups in total. The lowest BCUT2D eigenvalue weighted by molar-refractivity contribution is 0.174. The number of halogens is 1. The Labute approximate surface area is 126 Å². The molecule has 1 aromatic heterocycles. The number of benzene rings is 1. The maximum atomic E-state index is 6.19. The summed E-state index contributed by atoms with van der Waals surface area (Å²) >= 11 is 7.92. The fourth-order valence-electron chi connectivity index (χ4n) is 2.29. The monoisotopic (exact) mass is 308 g/mol. The Kier molecular flexibility index (Phi) is 3.04. The summed E-state index contributed by atoms with van der Waals surface area (Å²) in [6.07, 6.45) is 6.46. The number of imidazole rings is 1. The number of ether oxygens (including phenoxy) is 2. The van der Waals surface area contributed by atoms with Crippen molar-refractivity contribution in [2.75, 3.05) is 6.79 Å². The number of aromatic nitrogens is 2. The molecular weight excluding hydrogens is 296 g/mol. The second-order valence-electron chi connectivity index (χ2n) is 4.95. The predicted molar refractivity (Wildman–Crippen MR) is 77.6 cm³/mol. The van der Waals surface area contributed by atoms with Crippen LogP contribution in [-0.2, 0) is 5.75 Å².